The molecule has 1 saturated heterocycles. The smallest absolute Gasteiger partial charge is 0.173 e. The van der Waals surface area contributed by atoms with Gasteiger partial charge in [-0.1, -0.05) is 30.3 Å². The van der Waals surface area contributed by atoms with Crippen LogP contribution in [-0.4, -0.2) is 55.3 Å². The number of ether oxygens (including phenoxy) is 2. The van der Waals surface area contributed by atoms with Gasteiger partial charge in [-0.3, -0.25) is 4.90 Å². The van der Waals surface area contributed by atoms with Gasteiger partial charge in [-0.05, 0) is 36.8 Å². The minimum absolute atomic E-state index is 0.411. The van der Waals surface area contributed by atoms with Crippen molar-refractivity contribution >= 4 is 23.0 Å². The Kier molecular flexibility index (Phi) is 6.53. The molecule has 0 aromatic heterocycles. The normalized spacial score (nSPS) is 15.9. The number of nitrogens with one attached hydrogen (secondary N) is 1. The molecule has 6 heteroatoms. The first kappa shape index (κ1) is 19.5. The Morgan fingerprint density at radius 3 is 2.33 bits per heavy atom. The van der Waals surface area contributed by atoms with Crippen LogP contribution in [-0.2, 0) is 0 Å². The quantitative estimate of drug-likeness (QED) is 0.790. The number of methoxy groups -OCH3 is 2. The van der Waals surface area contributed by atoms with Crippen molar-refractivity contribution in [1.29, 1.82) is 0 Å². The van der Waals surface area contributed by atoms with Crippen molar-refractivity contribution in [2.45, 2.75) is 13.0 Å². The molecule has 144 valence electrons. The van der Waals surface area contributed by atoms with Crippen molar-refractivity contribution in [2.75, 3.05) is 45.7 Å². The Balaban J connectivity index is 1.59. The number of benzene rings is 2. The number of hydrogen-bond acceptors (Lipinski definition) is 4. The first-order valence-corrected chi connectivity index (χ1v) is 9.60. The molecule has 27 heavy (non-hydrogen) atoms. The molecule has 2 aromatic carbocycles. The van der Waals surface area contributed by atoms with Crippen molar-refractivity contribution in [3.8, 4) is 11.5 Å². The molecule has 2 aromatic rings. The molecular formula is C21H27N3O2S. The lowest BCUT2D eigenvalue weighted by atomic mass is 10.1. The Morgan fingerprint density at radius 2 is 1.70 bits per heavy atom. The number of anilines is 1. The Bertz CT molecular complexity index is 761. The van der Waals surface area contributed by atoms with E-state index in [2.05, 4.69) is 52.4 Å². The Hall–Kier alpha value is -2.31. The third kappa shape index (κ3) is 4.70. The van der Waals surface area contributed by atoms with Crippen LogP contribution in [0.2, 0.25) is 0 Å². The highest BCUT2D eigenvalue weighted by Crippen LogP contribution is 2.29. The van der Waals surface area contributed by atoms with Gasteiger partial charge in [-0.25, -0.2) is 0 Å². The first-order chi connectivity index (χ1) is 13.1. The maximum Gasteiger partial charge on any atom is 0.173 e. The van der Waals surface area contributed by atoms with E-state index < -0.39 is 0 Å². The Labute approximate surface area is 166 Å². The molecule has 1 aliphatic rings. The fraction of sp³-hybridized carbons (Fsp3) is 0.381. The molecule has 0 amide bonds. The van der Waals surface area contributed by atoms with Gasteiger partial charge in [-0.2, -0.15) is 0 Å². The minimum Gasteiger partial charge on any atom is -0.497 e. The second kappa shape index (κ2) is 9.06. The summed E-state index contributed by atoms with van der Waals surface area (Å²) in [5.41, 5.74) is 2.18. The van der Waals surface area contributed by atoms with E-state index in [4.69, 9.17) is 21.7 Å². The predicted octanol–water partition coefficient (Wildman–Crippen LogP) is 3.78. The molecule has 5 nitrogen and oxygen atoms in total. The van der Waals surface area contributed by atoms with Gasteiger partial charge < -0.3 is 19.7 Å². The fourth-order valence-electron chi connectivity index (χ4n) is 3.36. The lowest BCUT2D eigenvalue weighted by Gasteiger charge is -2.39. The SMILES string of the molecule is COc1ccc(OC)c(NC(=S)N2CCN(C(C)c3ccccc3)CC2)c1. The highest BCUT2D eigenvalue weighted by atomic mass is 32.1. The van der Waals surface area contributed by atoms with Gasteiger partial charge in [-0.15, -0.1) is 0 Å². The third-order valence-electron chi connectivity index (χ3n) is 5.08. The molecule has 0 aliphatic carbocycles. The maximum atomic E-state index is 5.64. The van der Waals surface area contributed by atoms with Gasteiger partial charge in [0.2, 0.25) is 0 Å². The van der Waals surface area contributed by atoms with Crippen LogP contribution in [0.1, 0.15) is 18.5 Å². The number of hydrogen-bond donors (Lipinski definition) is 1. The van der Waals surface area contributed by atoms with Gasteiger partial charge in [0.05, 0.1) is 19.9 Å². The molecule has 1 heterocycles. The number of thiocarbonyl (C=S) groups is 1. The average molecular weight is 386 g/mol. The van der Waals surface area contributed by atoms with Crippen LogP contribution in [0, 0.1) is 0 Å². The second-order valence-electron chi connectivity index (χ2n) is 6.61. The van der Waals surface area contributed by atoms with Gasteiger partial charge in [0.1, 0.15) is 11.5 Å². The highest BCUT2D eigenvalue weighted by molar-refractivity contribution is 7.80. The zero-order chi connectivity index (χ0) is 19.2. The van der Waals surface area contributed by atoms with Crippen LogP contribution >= 0.6 is 12.2 Å². The minimum atomic E-state index is 0.411. The van der Waals surface area contributed by atoms with E-state index in [1.165, 1.54) is 5.56 Å². The van der Waals surface area contributed by atoms with Gasteiger partial charge in [0.25, 0.3) is 0 Å². The summed E-state index contributed by atoms with van der Waals surface area (Å²) in [5, 5.41) is 4.03. The topological polar surface area (TPSA) is 37.0 Å². The summed E-state index contributed by atoms with van der Waals surface area (Å²) in [7, 11) is 3.30. The van der Waals surface area contributed by atoms with Crippen molar-refractivity contribution < 1.29 is 9.47 Å². The molecule has 0 saturated carbocycles. The van der Waals surface area contributed by atoms with Crippen LogP contribution < -0.4 is 14.8 Å². The van der Waals surface area contributed by atoms with Crippen molar-refractivity contribution in [3.63, 3.8) is 0 Å². The molecule has 1 unspecified atom stereocenters. The van der Waals surface area contributed by atoms with E-state index >= 15 is 0 Å². The zero-order valence-corrected chi connectivity index (χ0v) is 17.0. The van der Waals surface area contributed by atoms with E-state index in [1.54, 1.807) is 14.2 Å². The molecule has 0 radical (unpaired) electrons. The molecule has 1 atom stereocenters. The molecule has 0 bridgehead atoms. The second-order valence-corrected chi connectivity index (χ2v) is 6.99. The van der Waals surface area contributed by atoms with E-state index in [-0.39, 0.29) is 0 Å². The Morgan fingerprint density at radius 1 is 1.00 bits per heavy atom. The predicted molar refractivity (Wildman–Crippen MR) is 114 cm³/mol. The molecule has 0 spiro atoms. The van der Waals surface area contributed by atoms with Crippen molar-refractivity contribution in [1.82, 2.24) is 9.80 Å². The van der Waals surface area contributed by atoms with E-state index in [0.717, 1.165) is 43.4 Å². The van der Waals surface area contributed by atoms with E-state index in [1.807, 2.05) is 18.2 Å². The summed E-state index contributed by atoms with van der Waals surface area (Å²) in [6.45, 7) is 6.02. The number of nitrogens with zero attached hydrogens (tertiary/aromatic N) is 2. The zero-order valence-electron chi connectivity index (χ0n) is 16.1. The monoisotopic (exact) mass is 385 g/mol. The lowest BCUT2D eigenvalue weighted by molar-refractivity contribution is 0.142. The summed E-state index contributed by atoms with van der Waals surface area (Å²) >= 11 is 5.64. The fourth-order valence-corrected chi connectivity index (χ4v) is 3.65. The standard InChI is InChI=1S/C21H27N3O2S/c1-16(17-7-5-4-6-8-17)23-11-13-24(14-12-23)21(27)22-19-15-18(25-2)9-10-20(19)26-3/h4-10,15-16H,11-14H2,1-3H3,(H,22,27). The highest BCUT2D eigenvalue weighted by Gasteiger charge is 2.23. The first-order valence-electron chi connectivity index (χ1n) is 9.19. The van der Waals surface area contributed by atoms with E-state index in [9.17, 15) is 0 Å². The molecule has 3 rings (SSSR count). The van der Waals surface area contributed by atoms with Crippen LogP contribution in [0.3, 0.4) is 0 Å². The van der Waals surface area contributed by atoms with Crippen LogP contribution in [0.4, 0.5) is 5.69 Å². The van der Waals surface area contributed by atoms with Gasteiger partial charge in [0.15, 0.2) is 5.11 Å². The maximum absolute atomic E-state index is 5.64. The lowest BCUT2D eigenvalue weighted by Crippen LogP contribution is -2.50. The number of piperazine rings is 1. The summed E-state index contributed by atoms with van der Waals surface area (Å²) in [4.78, 5) is 4.71. The summed E-state index contributed by atoms with van der Waals surface area (Å²) < 4.78 is 10.7. The summed E-state index contributed by atoms with van der Waals surface area (Å²) in [6.07, 6.45) is 0. The molecular weight excluding hydrogens is 358 g/mol. The van der Waals surface area contributed by atoms with Gasteiger partial charge in [0, 0.05) is 38.3 Å². The van der Waals surface area contributed by atoms with Crippen LogP contribution in [0.15, 0.2) is 48.5 Å². The van der Waals surface area contributed by atoms with Crippen molar-refractivity contribution in [2.24, 2.45) is 0 Å². The van der Waals surface area contributed by atoms with Crippen molar-refractivity contribution in [3.05, 3.63) is 54.1 Å². The molecule has 1 N–H and O–H groups in total. The van der Waals surface area contributed by atoms with Gasteiger partial charge >= 0.3 is 0 Å². The average Bonchev–Trinajstić information content (AvgIpc) is 2.73. The summed E-state index contributed by atoms with van der Waals surface area (Å²) in [5.74, 6) is 1.51. The summed E-state index contributed by atoms with van der Waals surface area (Å²) in [6, 6.07) is 16.7. The third-order valence-corrected chi connectivity index (χ3v) is 5.44. The van der Waals surface area contributed by atoms with Crippen LogP contribution in [0.25, 0.3) is 0 Å². The number of rotatable bonds is 5. The largest absolute Gasteiger partial charge is 0.497 e. The van der Waals surface area contributed by atoms with E-state index in [0.29, 0.717) is 11.2 Å². The molecule has 1 fully saturated rings. The van der Waals surface area contributed by atoms with Crippen LogP contribution in [0.5, 0.6) is 11.5 Å². The molecule has 1 aliphatic heterocycles.